The Morgan fingerprint density at radius 1 is 1.16 bits per heavy atom. The van der Waals surface area contributed by atoms with Crippen LogP contribution in [-0.4, -0.2) is 89.2 Å². The fourth-order valence-electron chi connectivity index (χ4n) is 7.76. The number of aromatic nitrogens is 2. The molecule has 3 aliphatic heterocycles. The average Bonchev–Trinajstić information content (AvgIpc) is 3.52. The molecule has 0 spiro atoms. The summed E-state index contributed by atoms with van der Waals surface area (Å²) >= 11 is 6.45. The van der Waals surface area contributed by atoms with Crippen LogP contribution in [-0.2, 0) is 24.1 Å². The predicted octanol–water partition coefficient (Wildman–Crippen LogP) is 5.11. The number of likely N-dealkylation sites (tertiary alicyclic amines) is 1. The highest BCUT2D eigenvalue weighted by molar-refractivity contribution is 6.30. The van der Waals surface area contributed by atoms with Crippen LogP contribution in [0.15, 0.2) is 30.6 Å². The lowest BCUT2D eigenvalue weighted by molar-refractivity contribution is -0.128. The van der Waals surface area contributed by atoms with Gasteiger partial charge < -0.3 is 19.4 Å². The van der Waals surface area contributed by atoms with Gasteiger partial charge in [0, 0.05) is 73.1 Å². The van der Waals surface area contributed by atoms with Crippen molar-refractivity contribution in [1.82, 2.24) is 19.8 Å². The van der Waals surface area contributed by atoms with Gasteiger partial charge in [-0.15, -0.1) is 0 Å². The number of fused-ring (bicyclic) bond motifs is 2. The highest BCUT2D eigenvalue weighted by atomic mass is 35.5. The van der Waals surface area contributed by atoms with E-state index in [0.717, 1.165) is 86.2 Å². The number of hydrogen-bond acceptors (Lipinski definition) is 8. The molecule has 1 amide bonds. The third kappa shape index (κ3) is 6.75. The minimum Gasteiger partial charge on any atom is -0.462 e. The molecule has 1 aromatic carbocycles. The summed E-state index contributed by atoms with van der Waals surface area (Å²) in [6.45, 7) is 8.39. The summed E-state index contributed by atoms with van der Waals surface area (Å²) in [5.41, 5.74) is 4.69. The van der Waals surface area contributed by atoms with Crippen molar-refractivity contribution in [1.29, 1.82) is 5.26 Å². The van der Waals surface area contributed by atoms with Crippen molar-refractivity contribution in [2.45, 2.75) is 89.4 Å². The van der Waals surface area contributed by atoms with Gasteiger partial charge in [0.15, 0.2) is 0 Å². The Kier molecular flexibility index (Phi) is 9.76. The summed E-state index contributed by atoms with van der Waals surface area (Å²) in [6.07, 6.45) is 8.31. The van der Waals surface area contributed by atoms with E-state index in [1.807, 2.05) is 6.07 Å². The first kappa shape index (κ1) is 31.6. The molecule has 0 radical (unpaired) electrons. The van der Waals surface area contributed by atoms with Crippen LogP contribution in [0.5, 0.6) is 6.01 Å². The largest absolute Gasteiger partial charge is 0.462 e. The van der Waals surface area contributed by atoms with Crippen molar-refractivity contribution in [3.8, 4) is 12.1 Å². The van der Waals surface area contributed by atoms with Gasteiger partial charge in [-0.25, -0.2) is 4.39 Å². The standard InChI is InChI=1S/C34H43ClFN7O2/c1-23(2)41-15-4-6-28(41)22-45-34-38-30-20-26(42-16-3-5-24-7-8-25(35)19-31(24)42)9-10-29(30)33(39-34)40-17-18-43(32(44)11-13-36)27(21-40)12-14-37/h7-8,11,13,19,23,26-28H,3-6,9-10,12,15-18,20-22H2,1-2H3. The lowest BCUT2D eigenvalue weighted by Crippen LogP contribution is -2.55. The van der Waals surface area contributed by atoms with Crippen molar-refractivity contribution in [3.63, 3.8) is 0 Å². The molecular weight excluding hydrogens is 593 g/mol. The molecule has 240 valence electrons. The molecule has 2 aromatic rings. The third-order valence-corrected chi connectivity index (χ3v) is 10.2. The second kappa shape index (κ2) is 13.9. The number of carbonyl (C=O) groups excluding carboxylic acids is 1. The minimum absolute atomic E-state index is 0.157. The fraction of sp³-hybridized carbons (Fsp3) is 0.588. The maximum Gasteiger partial charge on any atom is 0.318 e. The average molecular weight is 636 g/mol. The zero-order valence-corrected chi connectivity index (χ0v) is 27.1. The van der Waals surface area contributed by atoms with Crippen molar-refractivity contribution >= 4 is 29.0 Å². The number of hydrogen-bond donors (Lipinski definition) is 0. The van der Waals surface area contributed by atoms with E-state index in [0.29, 0.717) is 44.3 Å². The normalized spacial score (nSPS) is 23.7. The summed E-state index contributed by atoms with van der Waals surface area (Å²) in [6, 6.07) is 9.53. The van der Waals surface area contributed by atoms with E-state index in [2.05, 4.69) is 46.7 Å². The topological polar surface area (TPSA) is 88.8 Å². The molecule has 0 bridgehead atoms. The Morgan fingerprint density at radius 3 is 2.82 bits per heavy atom. The lowest BCUT2D eigenvalue weighted by Gasteiger charge is -2.43. The monoisotopic (exact) mass is 635 g/mol. The molecule has 3 atom stereocenters. The molecule has 4 heterocycles. The van der Waals surface area contributed by atoms with Crippen LogP contribution in [0.3, 0.4) is 0 Å². The lowest BCUT2D eigenvalue weighted by atomic mass is 9.88. The number of anilines is 2. The van der Waals surface area contributed by atoms with Gasteiger partial charge in [-0.1, -0.05) is 17.7 Å². The molecule has 1 aliphatic carbocycles. The molecule has 6 rings (SSSR count). The first-order valence-electron chi connectivity index (χ1n) is 16.4. The third-order valence-electron chi connectivity index (χ3n) is 9.94. The first-order valence-corrected chi connectivity index (χ1v) is 16.8. The van der Waals surface area contributed by atoms with E-state index in [1.165, 1.54) is 11.3 Å². The molecule has 9 nitrogen and oxygen atoms in total. The number of aryl methyl sites for hydroxylation is 1. The number of nitriles is 1. The molecule has 45 heavy (non-hydrogen) atoms. The van der Waals surface area contributed by atoms with Gasteiger partial charge in [0.05, 0.1) is 30.6 Å². The highest BCUT2D eigenvalue weighted by Gasteiger charge is 2.36. The number of rotatable bonds is 8. The number of halogens is 2. The quantitative estimate of drug-likeness (QED) is 0.370. The summed E-state index contributed by atoms with van der Waals surface area (Å²) in [4.78, 5) is 31.4. The summed E-state index contributed by atoms with van der Waals surface area (Å²) in [5, 5.41) is 10.3. The van der Waals surface area contributed by atoms with Gasteiger partial charge in [0.2, 0.25) is 5.91 Å². The first-order chi connectivity index (χ1) is 21.9. The van der Waals surface area contributed by atoms with E-state index in [9.17, 15) is 14.4 Å². The van der Waals surface area contributed by atoms with Crippen LogP contribution < -0.4 is 14.5 Å². The van der Waals surface area contributed by atoms with Gasteiger partial charge in [0.1, 0.15) is 12.4 Å². The van der Waals surface area contributed by atoms with Crippen LogP contribution in [0.4, 0.5) is 15.9 Å². The molecule has 3 unspecified atom stereocenters. The fourth-order valence-corrected chi connectivity index (χ4v) is 7.93. The number of nitrogens with zero attached hydrogens (tertiary/aromatic N) is 7. The molecule has 0 saturated carbocycles. The number of carbonyl (C=O) groups is 1. The number of benzene rings is 1. The van der Waals surface area contributed by atoms with E-state index < -0.39 is 5.91 Å². The molecule has 2 saturated heterocycles. The number of piperazine rings is 1. The van der Waals surface area contributed by atoms with Gasteiger partial charge >= 0.3 is 6.01 Å². The minimum atomic E-state index is -0.415. The Morgan fingerprint density at radius 2 is 2.02 bits per heavy atom. The predicted molar refractivity (Wildman–Crippen MR) is 174 cm³/mol. The molecule has 4 aliphatic rings. The summed E-state index contributed by atoms with van der Waals surface area (Å²) in [5.74, 6) is 0.418. The van der Waals surface area contributed by atoms with Crippen molar-refractivity contribution in [2.75, 3.05) is 49.1 Å². The SMILES string of the molecule is CC(C)N1CCCC1COc1nc2c(c(N3CCN(C(=O)C=CF)C(CC#N)C3)n1)CCC(N1CCCc3ccc(Cl)cc31)C2. The highest BCUT2D eigenvalue weighted by Crippen LogP contribution is 2.38. The Hall–Kier alpha value is -3.42. The molecule has 0 N–H and O–H groups in total. The molecule has 11 heteroatoms. The Bertz CT molecular complexity index is 1460. The van der Waals surface area contributed by atoms with Crippen molar-refractivity contribution < 1.29 is 13.9 Å². The second-order valence-corrected chi connectivity index (χ2v) is 13.4. The van der Waals surface area contributed by atoms with Crippen LogP contribution in [0.1, 0.15) is 62.8 Å². The zero-order valence-electron chi connectivity index (χ0n) is 26.3. The molecular formula is C34H43ClFN7O2. The van der Waals surface area contributed by atoms with Crippen LogP contribution in [0, 0.1) is 11.3 Å². The van der Waals surface area contributed by atoms with E-state index >= 15 is 0 Å². The van der Waals surface area contributed by atoms with E-state index in [-0.39, 0.29) is 24.8 Å². The van der Waals surface area contributed by atoms with Gasteiger partial charge in [-0.2, -0.15) is 15.2 Å². The van der Waals surface area contributed by atoms with E-state index in [1.54, 1.807) is 4.90 Å². The van der Waals surface area contributed by atoms with Crippen molar-refractivity contribution in [3.05, 3.63) is 52.4 Å². The summed E-state index contributed by atoms with van der Waals surface area (Å²) in [7, 11) is 0. The van der Waals surface area contributed by atoms with Gasteiger partial charge in [-0.05, 0) is 76.6 Å². The van der Waals surface area contributed by atoms with Crippen LogP contribution in [0.2, 0.25) is 5.02 Å². The van der Waals surface area contributed by atoms with Crippen LogP contribution in [0.25, 0.3) is 0 Å². The smallest absolute Gasteiger partial charge is 0.318 e. The number of amides is 1. The van der Waals surface area contributed by atoms with E-state index in [4.69, 9.17) is 26.3 Å². The maximum atomic E-state index is 12.9. The summed E-state index contributed by atoms with van der Waals surface area (Å²) < 4.78 is 19.3. The second-order valence-electron chi connectivity index (χ2n) is 12.9. The zero-order chi connectivity index (χ0) is 31.5. The number of ether oxygens (including phenoxy) is 1. The Balaban J connectivity index is 1.30. The Labute approximate surface area is 270 Å². The maximum absolute atomic E-state index is 12.9. The molecule has 1 aromatic heterocycles. The molecule has 2 fully saturated rings. The van der Waals surface area contributed by atoms with Gasteiger partial charge in [0.25, 0.3) is 0 Å². The van der Waals surface area contributed by atoms with Crippen molar-refractivity contribution in [2.24, 2.45) is 0 Å². The van der Waals surface area contributed by atoms with Gasteiger partial charge in [-0.3, -0.25) is 9.69 Å². The van der Waals surface area contributed by atoms with Crippen LogP contribution >= 0.6 is 11.6 Å².